The Morgan fingerprint density at radius 1 is 0.966 bits per heavy atom. The molecule has 2 atom stereocenters. The van der Waals surface area contributed by atoms with Crippen molar-refractivity contribution in [3.63, 3.8) is 0 Å². The summed E-state index contributed by atoms with van der Waals surface area (Å²) < 4.78 is 13.6. The number of para-hydroxylation sites is 1. The minimum absolute atomic E-state index is 0.407. The number of benzene rings is 3. The Hall–Kier alpha value is -3.18. The highest BCUT2D eigenvalue weighted by Gasteiger charge is 2.48. The van der Waals surface area contributed by atoms with E-state index in [1.807, 2.05) is 67.6 Å². The number of rotatable bonds is 9. The summed E-state index contributed by atoms with van der Waals surface area (Å²) in [5.41, 5.74) is 0.595. The van der Waals surface area contributed by atoms with Gasteiger partial charge in [0, 0.05) is 5.69 Å². The van der Waals surface area contributed by atoms with Crippen molar-refractivity contribution in [1.82, 2.24) is 5.32 Å². The fraction of sp³-hybridized carbons (Fsp3) is 0.208. The molecule has 4 nitrogen and oxygen atoms in total. The summed E-state index contributed by atoms with van der Waals surface area (Å²) in [4.78, 5) is 12.8. The molecule has 3 rings (SSSR count). The summed E-state index contributed by atoms with van der Waals surface area (Å²) in [6.07, 6.45) is 0.753. The Kier molecular flexibility index (Phi) is 6.62. The summed E-state index contributed by atoms with van der Waals surface area (Å²) in [7, 11) is 0. The molecule has 5 heteroatoms. The fourth-order valence-corrected chi connectivity index (χ4v) is 3.52. The van der Waals surface area contributed by atoms with Crippen molar-refractivity contribution in [2.45, 2.75) is 24.9 Å². The maximum absolute atomic E-state index is 13.6. The maximum atomic E-state index is 13.6. The van der Waals surface area contributed by atoms with Crippen LogP contribution in [0.4, 0.5) is 10.1 Å². The molecule has 0 saturated carbocycles. The van der Waals surface area contributed by atoms with E-state index in [1.54, 1.807) is 0 Å². The predicted molar refractivity (Wildman–Crippen MR) is 113 cm³/mol. The zero-order valence-corrected chi connectivity index (χ0v) is 16.3. The second-order valence-corrected chi connectivity index (χ2v) is 6.90. The molecule has 0 heterocycles. The molecule has 0 radical (unpaired) electrons. The first-order valence-electron chi connectivity index (χ1n) is 9.69. The quantitative estimate of drug-likeness (QED) is 0.482. The van der Waals surface area contributed by atoms with E-state index >= 15 is 0 Å². The number of nitrogens with one attached hydrogen (secondary N) is 2. The van der Waals surface area contributed by atoms with Gasteiger partial charge in [0.25, 0.3) is 0 Å². The average molecular weight is 392 g/mol. The van der Waals surface area contributed by atoms with E-state index in [0.29, 0.717) is 12.1 Å². The molecular formula is C24H25FN2O2. The van der Waals surface area contributed by atoms with Crippen LogP contribution in [0, 0.1) is 5.82 Å². The van der Waals surface area contributed by atoms with Crippen molar-refractivity contribution in [2.24, 2.45) is 0 Å². The lowest BCUT2D eigenvalue weighted by molar-refractivity contribution is -0.146. The van der Waals surface area contributed by atoms with Crippen LogP contribution >= 0.6 is 0 Å². The molecule has 29 heavy (non-hydrogen) atoms. The third-order valence-electron chi connectivity index (χ3n) is 4.94. The molecule has 3 aromatic rings. The van der Waals surface area contributed by atoms with Crippen LogP contribution in [0.15, 0.2) is 84.9 Å². The molecule has 0 spiro atoms. The fourth-order valence-electron chi connectivity index (χ4n) is 3.52. The highest BCUT2D eigenvalue weighted by atomic mass is 19.1. The Morgan fingerprint density at radius 3 is 2.10 bits per heavy atom. The van der Waals surface area contributed by atoms with Gasteiger partial charge in [-0.15, -0.1) is 0 Å². The van der Waals surface area contributed by atoms with Gasteiger partial charge in [0.2, 0.25) is 0 Å². The second-order valence-electron chi connectivity index (χ2n) is 6.90. The van der Waals surface area contributed by atoms with Gasteiger partial charge in [-0.05, 0) is 48.4 Å². The summed E-state index contributed by atoms with van der Waals surface area (Å²) >= 11 is 0. The molecule has 3 aromatic carbocycles. The van der Waals surface area contributed by atoms with E-state index in [1.165, 1.54) is 24.3 Å². The normalized spacial score (nSPS) is 14.0. The van der Waals surface area contributed by atoms with Crippen molar-refractivity contribution in [3.05, 3.63) is 102 Å². The molecule has 0 aliphatic carbocycles. The van der Waals surface area contributed by atoms with E-state index in [2.05, 4.69) is 10.6 Å². The van der Waals surface area contributed by atoms with E-state index in [9.17, 15) is 14.3 Å². The number of carboxylic acid groups (broad SMARTS) is 1. The number of anilines is 1. The summed E-state index contributed by atoms with van der Waals surface area (Å²) in [5.74, 6) is -1.44. The number of aliphatic carboxylic acids is 1. The SMILES string of the molecule is CCCN[C@@](C(=O)O)(c1ccc(F)cc1)C(Nc1ccccc1)c1ccccc1. The Morgan fingerprint density at radius 2 is 1.55 bits per heavy atom. The molecular weight excluding hydrogens is 367 g/mol. The third kappa shape index (κ3) is 4.46. The minimum Gasteiger partial charge on any atom is -0.480 e. The van der Waals surface area contributed by atoms with Gasteiger partial charge in [-0.3, -0.25) is 5.32 Å². The highest BCUT2D eigenvalue weighted by Crippen LogP contribution is 2.38. The molecule has 0 saturated heterocycles. The van der Waals surface area contributed by atoms with Crippen LogP contribution in [0.2, 0.25) is 0 Å². The van der Waals surface area contributed by atoms with Gasteiger partial charge < -0.3 is 10.4 Å². The predicted octanol–water partition coefficient (Wildman–Crippen LogP) is 4.96. The average Bonchev–Trinajstić information content (AvgIpc) is 2.75. The summed E-state index contributed by atoms with van der Waals surface area (Å²) in [5, 5.41) is 17.1. The van der Waals surface area contributed by atoms with Crippen molar-refractivity contribution in [1.29, 1.82) is 0 Å². The van der Waals surface area contributed by atoms with Gasteiger partial charge in [-0.25, -0.2) is 9.18 Å². The first kappa shape index (κ1) is 20.6. The zero-order chi connectivity index (χ0) is 20.7. The topological polar surface area (TPSA) is 61.4 Å². The van der Waals surface area contributed by atoms with Crippen LogP contribution in [0.25, 0.3) is 0 Å². The summed E-state index contributed by atoms with van der Waals surface area (Å²) in [6, 6.07) is 24.0. The molecule has 1 unspecified atom stereocenters. The monoisotopic (exact) mass is 392 g/mol. The summed E-state index contributed by atoms with van der Waals surface area (Å²) in [6.45, 7) is 2.47. The van der Waals surface area contributed by atoms with Crippen molar-refractivity contribution in [3.8, 4) is 0 Å². The van der Waals surface area contributed by atoms with E-state index < -0.39 is 23.4 Å². The van der Waals surface area contributed by atoms with E-state index in [4.69, 9.17) is 0 Å². The van der Waals surface area contributed by atoms with E-state index in [-0.39, 0.29) is 0 Å². The second kappa shape index (κ2) is 9.34. The maximum Gasteiger partial charge on any atom is 0.331 e. The third-order valence-corrected chi connectivity index (χ3v) is 4.94. The molecule has 0 bridgehead atoms. The van der Waals surface area contributed by atoms with E-state index in [0.717, 1.165) is 17.7 Å². The first-order valence-corrected chi connectivity index (χ1v) is 9.69. The van der Waals surface area contributed by atoms with Gasteiger partial charge in [-0.2, -0.15) is 0 Å². The van der Waals surface area contributed by atoms with Gasteiger partial charge in [-0.1, -0.05) is 67.6 Å². The zero-order valence-electron chi connectivity index (χ0n) is 16.3. The Balaban J connectivity index is 2.20. The number of carboxylic acids is 1. The number of hydrogen-bond donors (Lipinski definition) is 3. The van der Waals surface area contributed by atoms with Gasteiger partial charge in [0.05, 0.1) is 6.04 Å². The van der Waals surface area contributed by atoms with Crippen LogP contribution in [-0.2, 0) is 10.3 Å². The van der Waals surface area contributed by atoms with Crippen molar-refractivity contribution >= 4 is 11.7 Å². The lowest BCUT2D eigenvalue weighted by Crippen LogP contribution is -2.56. The van der Waals surface area contributed by atoms with Crippen LogP contribution in [-0.4, -0.2) is 17.6 Å². The number of carbonyl (C=O) groups is 1. The lowest BCUT2D eigenvalue weighted by atomic mass is 9.78. The molecule has 150 valence electrons. The van der Waals surface area contributed by atoms with Gasteiger partial charge >= 0.3 is 5.97 Å². The highest BCUT2D eigenvalue weighted by molar-refractivity contribution is 5.83. The van der Waals surface area contributed by atoms with Crippen molar-refractivity contribution in [2.75, 3.05) is 11.9 Å². The first-order chi connectivity index (χ1) is 14.1. The molecule has 0 amide bonds. The number of hydrogen-bond acceptors (Lipinski definition) is 3. The molecule has 0 aromatic heterocycles. The van der Waals surface area contributed by atoms with Crippen LogP contribution in [0.5, 0.6) is 0 Å². The van der Waals surface area contributed by atoms with Crippen LogP contribution < -0.4 is 10.6 Å². The van der Waals surface area contributed by atoms with Crippen molar-refractivity contribution < 1.29 is 14.3 Å². The van der Waals surface area contributed by atoms with Gasteiger partial charge in [0.15, 0.2) is 5.54 Å². The number of halogens is 1. The van der Waals surface area contributed by atoms with Crippen LogP contribution in [0.1, 0.15) is 30.5 Å². The van der Waals surface area contributed by atoms with Gasteiger partial charge in [0.1, 0.15) is 5.82 Å². The molecule has 3 N–H and O–H groups in total. The van der Waals surface area contributed by atoms with Crippen LogP contribution in [0.3, 0.4) is 0 Å². The molecule has 0 aliphatic rings. The molecule has 0 fully saturated rings. The Bertz CT molecular complexity index is 917. The molecule has 0 aliphatic heterocycles. The minimum atomic E-state index is -1.50. The smallest absolute Gasteiger partial charge is 0.331 e. The standard InChI is InChI=1S/C24H25FN2O2/c1-2-17-26-24(23(28)29,19-13-15-20(25)16-14-19)22(18-9-5-3-6-10-18)27-21-11-7-4-8-12-21/h3-16,22,26-27H,2,17H2,1H3,(H,28,29)/t22?,24-/m0/s1. The largest absolute Gasteiger partial charge is 0.480 e. The lowest BCUT2D eigenvalue weighted by Gasteiger charge is -2.40. The Labute approximate surface area is 170 Å².